The average Bonchev–Trinajstić information content (AvgIpc) is 3.40. The molecule has 0 atom stereocenters. The number of carbonyl (C=O) groups is 2. The van der Waals surface area contributed by atoms with Crippen LogP contribution in [-0.4, -0.2) is 27.9 Å². The number of hydrogen-bond acceptors (Lipinski definition) is 4. The Bertz CT molecular complexity index is 1200. The zero-order valence-corrected chi connectivity index (χ0v) is 17.5. The van der Waals surface area contributed by atoms with Gasteiger partial charge in [-0.05, 0) is 49.2 Å². The normalized spacial score (nSPS) is 10.9. The molecule has 2 aromatic carbocycles. The van der Waals surface area contributed by atoms with E-state index >= 15 is 0 Å². The molecular weight excluding hydrogens is 392 g/mol. The van der Waals surface area contributed by atoms with E-state index in [1.54, 1.807) is 12.1 Å². The molecule has 158 valence electrons. The summed E-state index contributed by atoms with van der Waals surface area (Å²) in [6.45, 7) is 4.46. The van der Waals surface area contributed by atoms with Crippen molar-refractivity contribution in [2.24, 2.45) is 0 Å². The van der Waals surface area contributed by atoms with E-state index in [0.717, 1.165) is 33.7 Å². The number of furan rings is 1. The molecule has 7 nitrogen and oxygen atoms in total. The summed E-state index contributed by atoms with van der Waals surface area (Å²) < 4.78 is 7.01. The van der Waals surface area contributed by atoms with Crippen molar-refractivity contribution in [2.75, 3.05) is 11.9 Å². The summed E-state index contributed by atoms with van der Waals surface area (Å²) in [6, 6.07) is 16.9. The number of anilines is 1. The van der Waals surface area contributed by atoms with Gasteiger partial charge in [0.05, 0.1) is 17.3 Å². The van der Waals surface area contributed by atoms with Crippen molar-refractivity contribution in [3.63, 3.8) is 0 Å². The third-order valence-corrected chi connectivity index (χ3v) is 5.16. The molecule has 0 fully saturated rings. The second kappa shape index (κ2) is 8.87. The summed E-state index contributed by atoms with van der Waals surface area (Å²) in [5.74, 6) is 0.598. The van der Waals surface area contributed by atoms with Crippen LogP contribution in [0.3, 0.4) is 0 Å². The Hall–Kier alpha value is -3.87. The largest absolute Gasteiger partial charge is 0.459 e. The van der Waals surface area contributed by atoms with Crippen molar-refractivity contribution in [3.05, 3.63) is 83.6 Å². The molecule has 2 N–H and O–H groups in total. The molecule has 2 aromatic heterocycles. The second-order valence-electron chi connectivity index (χ2n) is 7.40. The molecule has 0 aliphatic rings. The van der Waals surface area contributed by atoms with Crippen LogP contribution in [0.15, 0.2) is 65.3 Å². The Balaban J connectivity index is 1.51. The van der Waals surface area contributed by atoms with E-state index in [4.69, 9.17) is 4.42 Å². The number of aryl methyl sites for hydroxylation is 2. The molecule has 7 heteroatoms. The van der Waals surface area contributed by atoms with Crippen molar-refractivity contribution < 1.29 is 14.0 Å². The molecule has 2 amide bonds. The number of fused-ring (bicyclic) bond motifs is 1. The number of aromatic nitrogens is 2. The molecule has 31 heavy (non-hydrogen) atoms. The quantitative estimate of drug-likeness (QED) is 0.479. The fraction of sp³-hybridized carbons (Fsp3) is 0.208. The first kappa shape index (κ1) is 20.4. The number of nitrogens with zero attached hydrogens (tertiary/aromatic N) is 2. The van der Waals surface area contributed by atoms with Crippen LogP contribution in [-0.2, 0) is 17.8 Å². The smallest absolute Gasteiger partial charge is 0.286 e. The lowest BCUT2D eigenvalue weighted by Gasteiger charge is -2.13. The van der Waals surface area contributed by atoms with E-state index in [9.17, 15) is 9.59 Å². The third kappa shape index (κ3) is 4.50. The standard InChI is InChI=1S/C24H24N4O3/c1-16-7-5-8-17(2)23(16)27-22(29)15-28-19-10-4-3-9-18(19)26-21(28)12-13-25-24(30)20-11-6-14-31-20/h3-11,14H,12-13,15H2,1-2H3,(H,25,30)(H,27,29). The van der Waals surface area contributed by atoms with Crippen molar-refractivity contribution in [3.8, 4) is 0 Å². The monoisotopic (exact) mass is 416 g/mol. The molecule has 4 rings (SSSR count). The summed E-state index contributed by atoms with van der Waals surface area (Å²) in [5, 5.41) is 5.86. The summed E-state index contributed by atoms with van der Waals surface area (Å²) in [4.78, 5) is 29.7. The Morgan fingerprint density at radius 1 is 1.00 bits per heavy atom. The van der Waals surface area contributed by atoms with E-state index in [0.29, 0.717) is 13.0 Å². The number of amides is 2. The Morgan fingerprint density at radius 3 is 2.52 bits per heavy atom. The average molecular weight is 416 g/mol. The first-order valence-electron chi connectivity index (χ1n) is 10.1. The van der Waals surface area contributed by atoms with Crippen LogP contribution >= 0.6 is 0 Å². The van der Waals surface area contributed by atoms with Gasteiger partial charge in [0.25, 0.3) is 5.91 Å². The minimum absolute atomic E-state index is 0.124. The summed E-state index contributed by atoms with van der Waals surface area (Å²) >= 11 is 0. The van der Waals surface area contributed by atoms with Gasteiger partial charge in [-0.15, -0.1) is 0 Å². The van der Waals surface area contributed by atoms with E-state index in [-0.39, 0.29) is 24.1 Å². The maximum Gasteiger partial charge on any atom is 0.286 e. The van der Waals surface area contributed by atoms with Gasteiger partial charge in [-0.1, -0.05) is 30.3 Å². The zero-order valence-electron chi connectivity index (χ0n) is 17.5. The molecular formula is C24H24N4O3. The highest BCUT2D eigenvalue weighted by molar-refractivity contribution is 5.93. The Labute approximate surface area is 180 Å². The van der Waals surface area contributed by atoms with Gasteiger partial charge in [0.15, 0.2) is 5.76 Å². The van der Waals surface area contributed by atoms with E-state index < -0.39 is 0 Å². The van der Waals surface area contributed by atoms with Crippen molar-refractivity contribution in [1.82, 2.24) is 14.9 Å². The molecule has 0 bridgehead atoms. The lowest BCUT2D eigenvalue weighted by atomic mass is 10.1. The van der Waals surface area contributed by atoms with Crippen LogP contribution in [0.1, 0.15) is 27.5 Å². The number of para-hydroxylation sites is 3. The van der Waals surface area contributed by atoms with Crippen molar-refractivity contribution in [1.29, 1.82) is 0 Å². The molecule has 0 spiro atoms. The molecule has 4 aromatic rings. The molecule has 0 unspecified atom stereocenters. The van der Waals surface area contributed by atoms with Crippen LogP contribution in [0, 0.1) is 13.8 Å². The topological polar surface area (TPSA) is 89.2 Å². The highest BCUT2D eigenvalue weighted by Gasteiger charge is 2.15. The number of carbonyl (C=O) groups excluding carboxylic acids is 2. The van der Waals surface area contributed by atoms with Gasteiger partial charge < -0.3 is 19.6 Å². The number of imidazole rings is 1. The van der Waals surface area contributed by atoms with E-state index in [1.165, 1.54) is 6.26 Å². The summed E-state index contributed by atoms with van der Waals surface area (Å²) in [6.07, 6.45) is 1.95. The highest BCUT2D eigenvalue weighted by Crippen LogP contribution is 2.21. The first-order valence-corrected chi connectivity index (χ1v) is 10.1. The van der Waals surface area contributed by atoms with Crippen LogP contribution in [0.4, 0.5) is 5.69 Å². The fourth-order valence-corrected chi connectivity index (χ4v) is 3.61. The summed E-state index contributed by atoms with van der Waals surface area (Å²) in [5.41, 5.74) is 4.57. The van der Waals surface area contributed by atoms with Gasteiger partial charge in [-0.25, -0.2) is 4.98 Å². The Morgan fingerprint density at radius 2 is 1.77 bits per heavy atom. The third-order valence-electron chi connectivity index (χ3n) is 5.16. The van der Waals surface area contributed by atoms with E-state index in [1.807, 2.05) is 60.9 Å². The van der Waals surface area contributed by atoms with Crippen LogP contribution in [0.2, 0.25) is 0 Å². The minimum Gasteiger partial charge on any atom is -0.459 e. The second-order valence-corrected chi connectivity index (χ2v) is 7.40. The van der Waals surface area contributed by atoms with Crippen LogP contribution in [0.25, 0.3) is 11.0 Å². The maximum atomic E-state index is 12.9. The predicted octanol–water partition coefficient (Wildman–Crippen LogP) is 3.86. The first-order chi connectivity index (χ1) is 15.0. The summed E-state index contributed by atoms with van der Waals surface area (Å²) in [7, 11) is 0. The van der Waals surface area contributed by atoms with Crippen LogP contribution in [0.5, 0.6) is 0 Å². The van der Waals surface area contributed by atoms with Gasteiger partial charge in [-0.3, -0.25) is 9.59 Å². The van der Waals surface area contributed by atoms with Crippen molar-refractivity contribution >= 4 is 28.5 Å². The zero-order chi connectivity index (χ0) is 21.8. The lowest BCUT2D eigenvalue weighted by Crippen LogP contribution is -2.27. The molecule has 2 heterocycles. The predicted molar refractivity (Wildman–Crippen MR) is 119 cm³/mol. The molecule has 0 aliphatic heterocycles. The van der Waals surface area contributed by atoms with Gasteiger partial charge in [0.2, 0.25) is 5.91 Å². The van der Waals surface area contributed by atoms with Gasteiger partial charge in [0, 0.05) is 18.7 Å². The minimum atomic E-state index is -0.277. The molecule has 0 aliphatic carbocycles. The lowest BCUT2D eigenvalue weighted by molar-refractivity contribution is -0.116. The number of hydrogen-bond donors (Lipinski definition) is 2. The molecule has 0 saturated heterocycles. The maximum absolute atomic E-state index is 12.9. The highest BCUT2D eigenvalue weighted by atomic mass is 16.3. The number of benzene rings is 2. The van der Waals surface area contributed by atoms with Gasteiger partial charge in [-0.2, -0.15) is 0 Å². The molecule has 0 radical (unpaired) electrons. The number of nitrogens with one attached hydrogen (secondary N) is 2. The van der Waals surface area contributed by atoms with Crippen LogP contribution < -0.4 is 10.6 Å². The van der Waals surface area contributed by atoms with Crippen molar-refractivity contribution in [2.45, 2.75) is 26.8 Å². The van der Waals surface area contributed by atoms with E-state index in [2.05, 4.69) is 15.6 Å². The van der Waals surface area contributed by atoms with Gasteiger partial charge >= 0.3 is 0 Å². The SMILES string of the molecule is Cc1cccc(C)c1NC(=O)Cn1c(CCNC(=O)c2ccco2)nc2ccccc21. The van der Waals surface area contributed by atoms with Gasteiger partial charge in [0.1, 0.15) is 12.4 Å². The Kier molecular flexibility index (Phi) is 5.84. The fourth-order valence-electron chi connectivity index (χ4n) is 3.61. The molecule has 0 saturated carbocycles. The number of rotatable bonds is 7.